The van der Waals surface area contributed by atoms with Crippen molar-refractivity contribution in [3.8, 4) is 16.3 Å². The molecule has 0 radical (unpaired) electrons. The summed E-state index contributed by atoms with van der Waals surface area (Å²) in [6, 6.07) is 12.6. The van der Waals surface area contributed by atoms with Crippen molar-refractivity contribution in [3.05, 3.63) is 52.9 Å². The molecule has 22 heavy (non-hydrogen) atoms. The van der Waals surface area contributed by atoms with Gasteiger partial charge in [-0.3, -0.25) is 10.1 Å². The van der Waals surface area contributed by atoms with Gasteiger partial charge in [0.15, 0.2) is 0 Å². The fourth-order valence-electron chi connectivity index (χ4n) is 1.95. The Labute approximate surface area is 131 Å². The van der Waals surface area contributed by atoms with Gasteiger partial charge < -0.3 is 9.26 Å². The molecule has 5 nitrogen and oxygen atoms in total. The Kier molecular flexibility index (Phi) is 3.93. The number of amides is 1. The molecule has 0 aliphatic carbocycles. The van der Waals surface area contributed by atoms with Crippen LogP contribution in [0, 0.1) is 6.92 Å². The van der Waals surface area contributed by atoms with E-state index < -0.39 is 0 Å². The van der Waals surface area contributed by atoms with Crippen molar-refractivity contribution in [2.75, 3.05) is 12.4 Å². The normalized spacial score (nSPS) is 10.5. The highest BCUT2D eigenvalue weighted by Gasteiger charge is 2.12. The van der Waals surface area contributed by atoms with Crippen LogP contribution in [0.1, 0.15) is 15.2 Å². The van der Waals surface area contributed by atoms with Crippen molar-refractivity contribution in [2.24, 2.45) is 0 Å². The van der Waals surface area contributed by atoms with Crippen LogP contribution >= 0.6 is 11.3 Å². The predicted octanol–water partition coefficient (Wildman–Crippen LogP) is 3.97. The van der Waals surface area contributed by atoms with Crippen molar-refractivity contribution in [1.82, 2.24) is 5.16 Å². The zero-order chi connectivity index (χ0) is 15.5. The first-order valence-electron chi connectivity index (χ1n) is 6.64. The smallest absolute Gasteiger partial charge is 0.258 e. The van der Waals surface area contributed by atoms with Crippen molar-refractivity contribution >= 4 is 23.1 Å². The van der Waals surface area contributed by atoms with Crippen LogP contribution in [-0.2, 0) is 0 Å². The maximum atomic E-state index is 12.1. The van der Waals surface area contributed by atoms with Crippen LogP contribution in [0.2, 0.25) is 0 Å². The molecule has 0 saturated heterocycles. The summed E-state index contributed by atoms with van der Waals surface area (Å²) in [5.41, 5.74) is 1.23. The first-order chi connectivity index (χ1) is 10.7. The molecule has 0 aliphatic heterocycles. The van der Waals surface area contributed by atoms with Crippen LogP contribution in [0.5, 0.6) is 5.75 Å². The number of hydrogen-bond donors (Lipinski definition) is 1. The molecule has 2 heterocycles. The third kappa shape index (κ3) is 3.01. The van der Waals surface area contributed by atoms with Crippen molar-refractivity contribution in [1.29, 1.82) is 0 Å². The number of nitrogens with zero attached hydrogens (tertiary/aromatic N) is 1. The number of anilines is 1. The molecule has 3 rings (SSSR count). The molecule has 0 aliphatic rings. The highest BCUT2D eigenvalue weighted by molar-refractivity contribution is 7.15. The number of benzene rings is 1. The van der Waals surface area contributed by atoms with Crippen LogP contribution < -0.4 is 10.1 Å². The SMILES string of the molecule is COc1ccc(C(=O)Nc2cc(-c3ccc(C)s3)no2)cc1. The Balaban J connectivity index is 1.72. The van der Waals surface area contributed by atoms with Gasteiger partial charge in [0.1, 0.15) is 11.4 Å². The van der Waals surface area contributed by atoms with E-state index in [0.29, 0.717) is 22.9 Å². The fraction of sp³-hybridized carbons (Fsp3) is 0.125. The molecule has 0 bridgehead atoms. The molecule has 1 aromatic carbocycles. The highest BCUT2D eigenvalue weighted by atomic mass is 32.1. The number of methoxy groups -OCH3 is 1. The standard InChI is InChI=1S/C16H14N2O3S/c1-10-3-8-14(22-10)13-9-15(21-18-13)17-16(19)11-4-6-12(20-2)7-5-11/h3-9H,1-2H3,(H,17,19). The third-order valence-electron chi connectivity index (χ3n) is 3.09. The van der Waals surface area contributed by atoms with Crippen molar-refractivity contribution in [3.63, 3.8) is 0 Å². The lowest BCUT2D eigenvalue weighted by atomic mass is 10.2. The van der Waals surface area contributed by atoms with E-state index in [9.17, 15) is 4.79 Å². The second kappa shape index (κ2) is 6.03. The number of aromatic nitrogens is 1. The van der Waals surface area contributed by atoms with Crippen LogP contribution in [0.15, 0.2) is 47.0 Å². The Bertz CT molecular complexity index is 790. The minimum absolute atomic E-state index is 0.257. The Morgan fingerprint density at radius 3 is 2.64 bits per heavy atom. The monoisotopic (exact) mass is 314 g/mol. The summed E-state index contributed by atoms with van der Waals surface area (Å²) in [5.74, 6) is 0.765. The maximum Gasteiger partial charge on any atom is 0.258 e. The molecule has 0 unspecified atom stereocenters. The number of ether oxygens (including phenoxy) is 1. The first kappa shape index (κ1) is 14.3. The topological polar surface area (TPSA) is 64.4 Å². The molecule has 112 valence electrons. The van der Waals surface area contributed by atoms with E-state index in [1.807, 2.05) is 19.1 Å². The zero-order valence-electron chi connectivity index (χ0n) is 12.1. The van der Waals surface area contributed by atoms with Crippen molar-refractivity contribution in [2.45, 2.75) is 6.92 Å². The number of rotatable bonds is 4. The minimum atomic E-state index is -0.257. The summed E-state index contributed by atoms with van der Waals surface area (Å²) in [5, 5.41) is 6.66. The van der Waals surface area contributed by atoms with Gasteiger partial charge >= 0.3 is 0 Å². The van der Waals surface area contributed by atoms with Gasteiger partial charge in [-0.05, 0) is 43.3 Å². The van der Waals surface area contributed by atoms with Gasteiger partial charge in [0, 0.05) is 16.5 Å². The lowest BCUT2D eigenvalue weighted by molar-refractivity contribution is 0.102. The summed E-state index contributed by atoms with van der Waals surface area (Å²) in [6.07, 6.45) is 0. The highest BCUT2D eigenvalue weighted by Crippen LogP contribution is 2.28. The molecular formula is C16H14N2O3S. The lowest BCUT2D eigenvalue weighted by Gasteiger charge is -2.02. The summed E-state index contributed by atoms with van der Waals surface area (Å²) in [6.45, 7) is 2.03. The predicted molar refractivity (Wildman–Crippen MR) is 85.5 cm³/mol. The van der Waals surface area contributed by atoms with E-state index >= 15 is 0 Å². The Morgan fingerprint density at radius 1 is 1.23 bits per heavy atom. The average molecular weight is 314 g/mol. The minimum Gasteiger partial charge on any atom is -0.497 e. The summed E-state index contributed by atoms with van der Waals surface area (Å²) < 4.78 is 10.2. The Morgan fingerprint density at radius 2 is 2.00 bits per heavy atom. The fourth-order valence-corrected chi connectivity index (χ4v) is 2.77. The summed E-state index contributed by atoms with van der Waals surface area (Å²) in [4.78, 5) is 14.3. The van der Waals surface area contributed by atoms with Gasteiger partial charge in [-0.2, -0.15) is 0 Å². The largest absolute Gasteiger partial charge is 0.497 e. The second-order valence-corrected chi connectivity index (χ2v) is 5.96. The van der Waals surface area contributed by atoms with Gasteiger partial charge in [-0.15, -0.1) is 11.3 Å². The van der Waals surface area contributed by atoms with E-state index in [-0.39, 0.29) is 5.91 Å². The number of aryl methyl sites for hydroxylation is 1. The molecule has 1 amide bonds. The van der Waals surface area contributed by atoms with Crippen LogP contribution in [0.3, 0.4) is 0 Å². The van der Waals surface area contributed by atoms with Crippen LogP contribution in [0.25, 0.3) is 10.6 Å². The first-order valence-corrected chi connectivity index (χ1v) is 7.46. The number of nitrogens with one attached hydrogen (secondary N) is 1. The molecule has 0 atom stereocenters. The Hall–Kier alpha value is -2.60. The van der Waals surface area contributed by atoms with Crippen LogP contribution in [0.4, 0.5) is 5.88 Å². The average Bonchev–Trinajstić information content (AvgIpc) is 3.16. The molecule has 2 aromatic heterocycles. The van der Waals surface area contributed by atoms with Gasteiger partial charge in [0.25, 0.3) is 5.91 Å². The number of thiophene rings is 1. The van der Waals surface area contributed by atoms with E-state index in [4.69, 9.17) is 9.26 Å². The summed E-state index contributed by atoms with van der Waals surface area (Å²) >= 11 is 1.62. The maximum absolute atomic E-state index is 12.1. The molecule has 1 N–H and O–H groups in total. The quantitative estimate of drug-likeness (QED) is 0.791. The molecule has 0 saturated carbocycles. The van der Waals surface area contributed by atoms with Gasteiger partial charge in [-0.25, -0.2) is 0 Å². The number of hydrogen-bond acceptors (Lipinski definition) is 5. The van der Waals surface area contributed by atoms with E-state index in [0.717, 1.165) is 4.88 Å². The second-order valence-electron chi connectivity index (χ2n) is 4.67. The number of carbonyl (C=O) groups is 1. The van der Waals surface area contributed by atoms with E-state index in [1.54, 1.807) is 48.8 Å². The van der Waals surface area contributed by atoms with E-state index in [1.165, 1.54) is 4.88 Å². The lowest BCUT2D eigenvalue weighted by Crippen LogP contribution is -2.11. The van der Waals surface area contributed by atoms with Crippen molar-refractivity contribution < 1.29 is 14.1 Å². The molecular weight excluding hydrogens is 300 g/mol. The van der Waals surface area contributed by atoms with E-state index in [2.05, 4.69) is 10.5 Å². The van der Waals surface area contributed by atoms with Crippen LogP contribution in [-0.4, -0.2) is 18.2 Å². The van der Waals surface area contributed by atoms with Gasteiger partial charge in [0.05, 0.1) is 12.0 Å². The molecule has 3 aromatic rings. The van der Waals surface area contributed by atoms with Gasteiger partial charge in [-0.1, -0.05) is 5.16 Å². The molecule has 0 spiro atoms. The molecule has 0 fully saturated rings. The van der Waals surface area contributed by atoms with Gasteiger partial charge in [0.2, 0.25) is 5.88 Å². The summed E-state index contributed by atoms with van der Waals surface area (Å²) in [7, 11) is 1.58. The number of carbonyl (C=O) groups excluding carboxylic acids is 1. The molecule has 6 heteroatoms. The zero-order valence-corrected chi connectivity index (χ0v) is 12.9. The third-order valence-corrected chi connectivity index (χ3v) is 4.12.